The molecular weight excluding hydrogens is 274 g/mol. The van der Waals surface area contributed by atoms with Crippen LogP contribution in [0.1, 0.15) is 38.2 Å². The van der Waals surface area contributed by atoms with E-state index in [9.17, 15) is 4.79 Å². The maximum Gasteiger partial charge on any atom is 0.241 e. The molecule has 2 unspecified atom stereocenters. The Morgan fingerprint density at radius 1 is 1.27 bits per heavy atom. The highest BCUT2D eigenvalue weighted by atomic mass is 16.2. The zero-order chi connectivity index (χ0) is 15.4. The van der Waals surface area contributed by atoms with E-state index in [1.807, 2.05) is 11.0 Å². The Morgan fingerprint density at radius 3 is 2.77 bits per heavy atom. The monoisotopic (exact) mass is 299 g/mol. The van der Waals surface area contributed by atoms with Gasteiger partial charge in [0.2, 0.25) is 5.91 Å². The predicted octanol–water partition coefficient (Wildman–Crippen LogP) is 2.34. The zero-order valence-electron chi connectivity index (χ0n) is 13.2. The Morgan fingerprint density at radius 2 is 2.09 bits per heavy atom. The lowest BCUT2D eigenvalue weighted by molar-refractivity contribution is -0.132. The summed E-state index contributed by atoms with van der Waals surface area (Å²) in [5, 5.41) is 0. The highest BCUT2D eigenvalue weighted by Gasteiger charge is 2.32. The zero-order valence-corrected chi connectivity index (χ0v) is 13.2. The summed E-state index contributed by atoms with van der Waals surface area (Å²) in [6, 6.07) is 10.8. The van der Waals surface area contributed by atoms with Crippen LogP contribution >= 0.6 is 0 Å². The summed E-state index contributed by atoms with van der Waals surface area (Å²) in [4.78, 5) is 14.6. The Hall–Kier alpha value is -1.65. The van der Waals surface area contributed by atoms with Crippen molar-refractivity contribution >= 4 is 11.5 Å². The van der Waals surface area contributed by atoms with Crippen LogP contribution in [-0.2, 0) is 4.79 Å². The molecule has 4 nitrogen and oxygen atoms in total. The van der Waals surface area contributed by atoms with Crippen molar-refractivity contribution in [3.05, 3.63) is 42.0 Å². The van der Waals surface area contributed by atoms with Crippen LogP contribution < -0.4 is 10.9 Å². The molecule has 3 rings (SSSR count). The second-order valence-electron chi connectivity index (χ2n) is 6.19. The van der Waals surface area contributed by atoms with Crippen LogP contribution in [0.3, 0.4) is 0 Å². The van der Waals surface area contributed by atoms with E-state index in [1.165, 1.54) is 11.1 Å². The summed E-state index contributed by atoms with van der Waals surface area (Å²) < 4.78 is 0. The molecule has 4 heteroatoms. The minimum atomic E-state index is -0.0665. The third-order valence-electron chi connectivity index (χ3n) is 4.58. The number of hydrogen-bond acceptors (Lipinski definition) is 3. The van der Waals surface area contributed by atoms with Gasteiger partial charge in [0.25, 0.3) is 0 Å². The fraction of sp³-hybridized carbons (Fsp3) is 0.500. The molecule has 1 amide bonds. The highest BCUT2D eigenvalue weighted by Crippen LogP contribution is 2.23. The molecule has 1 aromatic rings. The Bertz CT molecular complexity index is 541. The number of rotatable bonds is 4. The summed E-state index contributed by atoms with van der Waals surface area (Å²) in [7, 11) is 0. The summed E-state index contributed by atoms with van der Waals surface area (Å²) in [5.74, 6) is 0.231. The molecule has 2 atom stereocenters. The van der Waals surface area contributed by atoms with Crippen LogP contribution in [0.15, 0.2) is 36.4 Å². The highest BCUT2D eigenvalue weighted by molar-refractivity contribution is 5.83. The quantitative estimate of drug-likeness (QED) is 0.897. The van der Waals surface area contributed by atoms with Gasteiger partial charge in [0, 0.05) is 19.1 Å². The molecule has 0 aromatic heterocycles. The van der Waals surface area contributed by atoms with Crippen molar-refractivity contribution in [2.75, 3.05) is 13.1 Å². The SMILES string of the molecule is CCCC1CC(C(=O)N2CC=C(c3ccccc3)CC2)NN1. The number of nitrogens with one attached hydrogen (secondary N) is 2. The van der Waals surface area contributed by atoms with Crippen molar-refractivity contribution < 1.29 is 4.79 Å². The van der Waals surface area contributed by atoms with Crippen molar-refractivity contribution in [1.82, 2.24) is 15.8 Å². The average molecular weight is 299 g/mol. The molecule has 1 saturated heterocycles. The largest absolute Gasteiger partial charge is 0.337 e. The molecule has 1 fully saturated rings. The molecule has 1 aromatic carbocycles. The van der Waals surface area contributed by atoms with E-state index < -0.39 is 0 Å². The van der Waals surface area contributed by atoms with Gasteiger partial charge in [0.15, 0.2) is 0 Å². The first kappa shape index (κ1) is 15.3. The Labute approximate surface area is 132 Å². The van der Waals surface area contributed by atoms with E-state index in [4.69, 9.17) is 0 Å². The minimum absolute atomic E-state index is 0.0665. The number of benzene rings is 1. The fourth-order valence-electron chi connectivity index (χ4n) is 3.33. The van der Waals surface area contributed by atoms with E-state index in [1.54, 1.807) is 0 Å². The van der Waals surface area contributed by atoms with Gasteiger partial charge in [-0.3, -0.25) is 10.2 Å². The third-order valence-corrected chi connectivity index (χ3v) is 4.58. The molecule has 0 radical (unpaired) electrons. The second-order valence-corrected chi connectivity index (χ2v) is 6.19. The standard InChI is InChI=1S/C18H25N3O/c1-2-6-16-13-17(20-19-16)18(22)21-11-9-15(10-12-21)14-7-4-3-5-8-14/h3-5,7-9,16-17,19-20H,2,6,10-13H2,1H3. The summed E-state index contributed by atoms with van der Waals surface area (Å²) in [6.45, 7) is 3.72. The van der Waals surface area contributed by atoms with E-state index >= 15 is 0 Å². The third kappa shape index (κ3) is 3.39. The first-order valence-corrected chi connectivity index (χ1v) is 8.32. The normalized spacial score (nSPS) is 25.1. The van der Waals surface area contributed by atoms with Crippen LogP contribution in [0.4, 0.5) is 0 Å². The molecule has 2 N–H and O–H groups in total. The van der Waals surface area contributed by atoms with Gasteiger partial charge in [-0.15, -0.1) is 0 Å². The minimum Gasteiger partial charge on any atom is -0.337 e. The van der Waals surface area contributed by atoms with Crippen molar-refractivity contribution in [3.8, 4) is 0 Å². The van der Waals surface area contributed by atoms with Crippen LogP contribution in [0.5, 0.6) is 0 Å². The van der Waals surface area contributed by atoms with E-state index in [2.05, 4.69) is 48.1 Å². The Balaban J connectivity index is 1.57. The van der Waals surface area contributed by atoms with Crippen LogP contribution in [0, 0.1) is 0 Å². The predicted molar refractivity (Wildman–Crippen MR) is 89.0 cm³/mol. The Kier molecular flexibility index (Phi) is 4.90. The number of hydrazine groups is 1. The molecule has 0 saturated carbocycles. The van der Waals surface area contributed by atoms with E-state index in [0.717, 1.165) is 38.8 Å². The van der Waals surface area contributed by atoms with Crippen molar-refractivity contribution in [3.63, 3.8) is 0 Å². The van der Waals surface area contributed by atoms with Crippen LogP contribution in [-0.4, -0.2) is 36.0 Å². The molecule has 0 bridgehead atoms. The number of nitrogens with zero attached hydrogens (tertiary/aromatic N) is 1. The van der Waals surface area contributed by atoms with Crippen LogP contribution in [0.2, 0.25) is 0 Å². The molecule has 2 aliphatic heterocycles. The number of carbonyl (C=O) groups excluding carboxylic acids is 1. The molecular formula is C18H25N3O. The summed E-state index contributed by atoms with van der Waals surface area (Å²) >= 11 is 0. The van der Waals surface area contributed by atoms with Gasteiger partial charge in [0.05, 0.1) is 0 Å². The van der Waals surface area contributed by atoms with Gasteiger partial charge < -0.3 is 4.90 Å². The number of carbonyl (C=O) groups is 1. The smallest absolute Gasteiger partial charge is 0.241 e. The lowest BCUT2D eigenvalue weighted by atomic mass is 9.98. The van der Waals surface area contributed by atoms with Gasteiger partial charge in [-0.05, 0) is 30.4 Å². The molecule has 0 aliphatic carbocycles. The lowest BCUT2D eigenvalue weighted by Crippen LogP contribution is -2.47. The van der Waals surface area contributed by atoms with Crippen molar-refractivity contribution in [1.29, 1.82) is 0 Å². The van der Waals surface area contributed by atoms with Gasteiger partial charge >= 0.3 is 0 Å². The summed E-state index contributed by atoms with van der Waals surface area (Å²) in [5.41, 5.74) is 9.05. The number of amides is 1. The fourth-order valence-corrected chi connectivity index (χ4v) is 3.33. The second kappa shape index (κ2) is 7.07. The molecule has 2 heterocycles. The topological polar surface area (TPSA) is 44.4 Å². The summed E-state index contributed by atoms with van der Waals surface area (Å²) in [6.07, 6.45) is 6.30. The average Bonchev–Trinajstić information content (AvgIpc) is 3.04. The first-order valence-electron chi connectivity index (χ1n) is 8.32. The first-order chi connectivity index (χ1) is 10.8. The van der Waals surface area contributed by atoms with Gasteiger partial charge in [-0.2, -0.15) is 0 Å². The van der Waals surface area contributed by atoms with Gasteiger partial charge in [0.1, 0.15) is 6.04 Å². The molecule has 2 aliphatic rings. The van der Waals surface area contributed by atoms with E-state index in [0.29, 0.717) is 6.04 Å². The van der Waals surface area contributed by atoms with E-state index in [-0.39, 0.29) is 11.9 Å². The van der Waals surface area contributed by atoms with Crippen LogP contribution in [0.25, 0.3) is 5.57 Å². The molecule has 0 spiro atoms. The van der Waals surface area contributed by atoms with Gasteiger partial charge in [-0.25, -0.2) is 5.43 Å². The number of hydrogen-bond donors (Lipinski definition) is 2. The van der Waals surface area contributed by atoms with Crippen molar-refractivity contribution in [2.45, 2.75) is 44.7 Å². The maximum absolute atomic E-state index is 12.6. The molecule has 118 valence electrons. The lowest BCUT2D eigenvalue weighted by Gasteiger charge is -2.28. The molecule has 22 heavy (non-hydrogen) atoms. The maximum atomic E-state index is 12.6. The van der Waals surface area contributed by atoms with Gasteiger partial charge in [-0.1, -0.05) is 49.8 Å². The van der Waals surface area contributed by atoms with Crippen molar-refractivity contribution in [2.24, 2.45) is 0 Å².